The molecule has 13 heavy (non-hydrogen) atoms. The number of halogens is 2. The van der Waals surface area contributed by atoms with Gasteiger partial charge in [0.25, 0.3) is 0 Å². The fraction of sp³-hybridized carbons (Fsp3) is 0.500. The molecule has 0 radical (unpaired) electrons. The lowest BCUT2D eigenvalue weighted by atomic mass is 10.1. The first kappa shape index (κ1) is 11.0. The van der Waals surface area contributed by atoms with Crippen LogP contribution < -0.4 is 0 Å². The average molecular weight is 263 g/mol. The van der Waals surface area contributed by atoms with Crippen molar-refractivity contribution in [2.24, 2.45) is 0 Å². The Morgan fingerprint density at radius 1 is 1.62 bits per heavy atom. The fourth-order valence-electron chi connectivity index (χ4n) is 1.12. The second kappa shape index (κ2) is 5.61. The maximum absolute atomic E-state index is 5.97. The minimum Gasteiger partial charge on any atom is -0.263 e. The summed E-state index contributed by atoms with van der Waals surface area (Å²) in [5.41, 5.74) is 1.19. The summed E-state index contributed by atoms with van der Waals surface area (Å²) in [7, 11) is 0. The summed E-state index contributed by atoms with van der Waals surface area (Å²) in [6, 6.07) is 1.98. The van der Waals surface area contributed by atoms with E-state index in [1.807, 2.05) is 6.07 Å². The van der Waals surface area contributed by atoms with Gasteiger partial charge in [0, 0.05) is 17.2 Å². The number of hydrogen-bond acceptors (Lipinski definition) is 1. The first-order valence-electron chi connectivity index (χ1n) is 4.46. The van der Waals surface area contributed by atoms with Gasteiger partial charge in [-0.2, -0.15) is 0 Å². The molecule has 0 spiro atoms. The van der Waals surface area contributed by atoms with Gasteiger partial charge >= 0.3 is 0 Å². The van der Waals surface area contributed by atoms with Crippen molar-refractivity contribution >= 4 is 27.5 Å². The molecule has 0 aliphatic heterocycles. The zero-order chi connectivity index (χ0) is 9.68. The third-order valence-electron chi connectivity index (χ3n) is 2.03. The second-order valence-electron chi connectivity index (χ2n) is 3.01. The van der Waals surface area contributed by atoms with Crippen LogP contribution >= 0.6 is 27.5 Å². The molecule has 1 atom stereocenters. The molecule has 0 N–H and O–H groups in total. The highest BCUT2D eigenvalue weighted by molar-refractivity contribution is 9.09. The minimum atomic E-state index is 0.594. The van der Waals surface area contributed by atoms with E-state index < -0.39 is 0 Å². The van der Waals surface area contributed by atoms with Gasteiger partial charge < -0.3 is 0 Å². The van der Waals surface area contributed by atoms with Crippen LogP contribution in [0.1, 0.15) is 25.3 Å². The molecule has 3 heteroatoms. The van der Waals surface area contributed by atoms with Crippen LogP contribution in [0.4, 0.5) is 0 Å². The summed E-state index contributed by atoms with van der Waals surface area (Å²) in [5.74, 6) is 0. The van der Waals surface area contributed by atoms with E-state index in [9.17, 15) is 0 Å². The third-order valence-corrected chi connectivity index (χ3v) is 3.47. The van der Waals surface area contributed by atoms with Crippen molar-refractivity contribution in [1.82, 2.24) is 4.98 Å². The summed E-state index contributed by atoms with van der Waals surface area (Å²) in [5, 5.41) is 0.776. The summed E-state index contributed by atoms with van der Waals surface area (Å²) < 4.78 is 0. The van der Waals surface area contributed by atoms with Crippen LogP contribution in [0.3, 0.4) is 0 Å². The largest absolute Gasteiger partial charge is 0.263 e. The van der Waals surface area contributed by atoms with Gasteiger partial charge in [0.2, 0.25) is 0 Å². The Labute approximate surface area is 92.6 Å². The van der Waals surface area contributed by atoms with Crippen LogP contribution in [0.25, 0.3) is 0 Å². The summed E-state index contributed by atoms with van der Waals surface area (Å²) >= 11 is 9.57. The molecule has 0 fully saturated rings. The highest BCUT2D eigenvalue weighted by Gasteiger charge is 2.03. The van der Waals surface area contributed by atoms with Crippen molar-refractivity contribution < 1.29 is 0 Å². The van der Waals surface area contributed by atoms with Gasteiger partial charge in [-0.3, -0.25) is 4.98 Å². The molecule has 0 aromatic carbocycles. The first-order chi connectivity index (χ1) is 6.24. The average Bonchev–Trinajstić information content (AvgIpc) is 2.16. The lowest BCUT2D eigenvalue weighted by Gasteiger charge is -2.07. The van der Waals surface area contributed by atoms with Gasteiger partial charge in [-0.05, 0) is 30.9 Å². The van der Waals surface area contributed by atoms with E-state index in [2.05, 4.69) is 27.8 Å². The van der Waals surface area contributed by atoms with Crippen LogP contribution in [0.15, 0.2) is 18.5 Å². The van der Waals surface area contributed by atoms with Crippen molar-refractivity contribution in [3.63, 3.8) is 0 Å². The van der Waals surface area contributed by atoms with Crippen molar-refractivity contribution in [2.45, 2.75) is 31.0 Å². The summed E-state index contributed by atoms with van der Waals surface area (Å²) in [4.78, 5) is 4.54. The Balaban J connectivity index is 2.50. The number of hydrogen-bond donors (Lipinski definition) is 0. The molecule has 0 amide bonds. The number of rotatable bonds is 4. The van der Waals surface area contributed by atoms with Crippen LogP contribution in [-0.2, 0) is 6.42 Å². The van der Waals surface area contributed by atoms with Crippen LogP contribution in [0.2, 0.25) is 5.02 Å². The monoisotopic (exact) mass is 261 g/mol. The Kier molecular flexibility index (Phi) is 4.74. The summed E-state index contributed by atoms with van der Waals surface area (Å²) in [6.45, 7) is 2.17. The van der Waals surface area contributed by atoms with E-state index in [1.165, 1.54) is 5.56 Å². The SMILES string of the molecule is CCC(Br)CCc1ccncc1Cl. The molecule has 0 aliphatic carbocycles. The van der Waals surface area contributed by atoms with E-state index >= 15 is 0 Å². The molecule has 1 nitrogen and oxygen atoms in total. The van der Waals surface area contributed by atoms with Gasteiger partial charge in [-0.25, -0.2) is 0 Å². The molecule has 1 heterocycles. The fourth-order valence-corrected chi connectivity index (χ4v) is 1.57. The maximum atomic E-state index is 5.97. The Morgan fingerprint density at radius 2 is 2.38 bits per heavy atom. The van der Waals surface area contributed by atoms with Crippen LogP contribution in [-0.4, -0.2) is 9.81 Å². The second-order valence-corrected chi connectivity index (χ2v) is 4.71. The molecule has 0 bridgehead atoms. The summed E-state index contributed by atoms with van der Waals surface area (Å²) in [6.07, 6.45) is 6.79. The Hall–Kier alpha value is -0.0800. The number of pyridine rings is 1. The zero-order valence-corrected chi connectivity index (χ0v) is 9.98. The zero-order valence-electron chi connectivity index (χ0n) is 7.63. The van der Waals surface area contributed by atoms with Gasteiger partial charge in [-0.15, -0.1) is 0 Å². The van der Waals surface area contributed by atoms with Crippen LogP contribution in [0.5, 0.6) is 0 Å². The molecule has 0 saturated heterocycles. The van der Waals surface area contributed by atoms with Crippen molar-refractivity contribution in [1.29, 1.82) is 0 Å². The van der Waals surface area contributed by atoms with Gasteiger partial charge in [0.05, 0.1) is 5.02 Å². The topological polar surface area (TPSA) is 12.9 Å². The smallest absolute Gasteiger partial charge is 0.0621 e. The number of aryl methyl sites for hydroxylation is 1. The molecule has 72 valence electrons. The van der Waals surface area contributed by atoms with Gasteiger partial charge in [-0.1, -0.05) is 34.5 Å². The molecule has 0 aliphatic rings. The van der Waals surface area contributed by atoms with Crippen LogP contribution in [0, 0.1) is 0 Å². The predicted molar refractivity (Wildman–Crippen MR) is 60.6 cm³/mol. The standard InChI is InChI=1S/C10H13BrClN/c1-2-9(11)4-3-8-5-6-13-7-10(8)12/h5-7,9H,2-4H2,1H3. The molecular formula is C10H13BrClN. The maximum Gasteiger partial charge on any atom is 0.0621 e. The minimum absolute atomic E-state index is 0.594. The Bertz CT molecular complexity index is 265. The van der Waals surface area contributed by atoms with E-state index in [1.54, 1.807) is 12.4 Å². The van der Waals surface area contributed by atoms with E-state index in [4.69, 9.17) is 11.6 Å². The van der Waals surface area contributed by atoms with Crippen molar-refractivity contribution in [3.05, 3.63) is 29.0 Å². The number of alkyl halides is 1. The van der Waals surface area contributed by atoms with Crippen molar-refractivity contribution in [3.8, 4) is 0 Å². The third kappa shape index (κ3) is 3.65. The van der Waals surface area contributed by atoms with E-state index in [-0.39, 0.29) is 0 Å². The number of nitrogens with zero attached hydrogens (tertiary/aromatic N) is 1. The van der Waals surface area contributed by atoms with Gasteiger partial charge in [0.15, 0.2) is 0 Å². The highest BCUT2D eigenvalue weighted by atomic mass is 79.9. The van der Waals surface area contributed by atoms with E-state index in [0.717, 1.165) is 24.3 Å². The van der Waals surface area contributed by atoms with E-state index in [0.29, 0.717) is 4.83 Å². The highest BCUT2D eigenvalue weighted by Crippen LogP contribution is 2.18. The molecule has 1 aromatic heterocycles. The Morgan fingerprint density at radius 3 is 3.00 bits per heavy atom. The predicted octanol–water partition coefficient (Wildman–Crippen LogP) is 3.84. The number of aromatic nitrogens is 1. The molecule has 1 aromatic rings. The first-order valence-corrected chi connectivity index (χ1v) is 5.76. The quantitative estimate of drug-likeness (QED) is 0.751. The molecule has 1 rings (SSSR count). The van der Waals surface area contributed by atoms with Gasteiger partial charge in [0.1, 0.15) is 0 Å². The molecule has 0 saturated carbocycles. The molecule has 1 unspecified atom stereocenters. The van der Waals surface area contributed by atoms with Crippen molar-refractivity contribution in [2.75, 3.05) is 0 Å². The molecular weight excluding hydrogens is 249 g/mol. The lowest BCUT2D eigenvalue weighted by Crippen LogP contribution is -1.98. The normalized spacial score (nSPS) is 12.8. The lowest BCUT2D eigenvalue weighted by molar-refractivity contribution is 0.746.